The van der Waals surface area contributed by atoms with Gasteiger partial charge in [0.15, 0.2) is 0 Å². The van der Waals surface area contributed by atoms with Crippen molar-refractivity contribution in [2.24, 2.45) is 5.73 Å². The zero-order valence-corrected chi connectivity index (χ0v) is 11.9. The highest BCUT2D eigenvalue weighted by Gasteiger charge is 2.18. The van der Waals surface area contributed by atoms with Crippen LogP contribution in [0.4, 0.5) is 0 Å². The molecule has 0 aromatic heterocycles. The van der Waals surface area contributed by atoms with Crippen LogP contribution in [0.5, 0.6) is 5.75 Å². The largest absolute Gasteiger partial charge is 0.486 e. The number of hydrogen-bond donors (Lipinski definition) is 1. The van der Waals surface area contributed by atoms with Gasteiger partial charge < -0.3 is 10.5 Å². The molecule has 2 atom stereocenters. The van der Waals surface area contributed by atoms with E-state index in [2.05, 4.69) is 37.3 Å². The van der Waals surface area contributed by atoms with Gasteiger partial charge in [0.2, 0.25) is 0 Å². The Bertz CT molecular complexity index is 579. The molecule has 1 aliphatic carbocycles. The van der Waals surface area contributed by atoms with Gasteiger partial charge in [0, 0.05) is 6.04 Å². The lowest BCUT2D eigenvalue weighted by molar-refractivity contribution is 0.226. The standard InChI is InChI=1S/C18H21NO/c1-13(14-6-3-2-4-7-14)20-16-11-10-15-8-5-9-18(19)17(15)12-16/h2-4,6-7,10-13,18H,5,8-9,19H2,1H3/t13?,18-/m0/s1. The van der Waals surface area contributed by atoms with Gasteiger partial charge in [0.05, 0.1) is 0 Å². The predicted molar refractivity (Wildman–Crippen MR) is 81.8 cm³/mol. The van der Waals surface area contributed by atoms with Crippen LogP contribution < -0.4 is 10.5 Å². The van der Waals surface area contributed by atoms with Crippen molar-refractivity contribution in [3.05, 3.63) is 65.2 Å². The minimum Gasteiger partial charge on any atom is -0.486 e. The molecule has 0 radical (unpaired) electrons. The van der Waals surface area contributed by atoms with Crippen molar-refractivity contribution in [2.75, 3.05) is 0 Å². The molecule has 0 bridgehead atoms. The third kappa shape index (κ3) is 2.70. The summed E-state index contributed by atoms with van der Waals surface area (Å²) in [7, 11) is 0. The lowest BCUT2D eigenvalue weighted by atomic mass is 9.88. The molecule has 0 aliphatic heterocycles. The van der Waals surface area contributed by atoms with E-state index in [-0.39, 0.29) is 12.1 Å². The van der Waals surface area contributed by atoms with E-state index in [1.807, 2.05) is 18.2 Å². The first kappa shape index (κ1) is 13.2. The second-order valence-electron chi connectivity index (χ2n) is 5.53. The van der Waals surface area contributed by atoms with E-state index in [1.54, 1.807) is 0 Å². The molecule has 2 N–H and O–H groups in total. The summed E-state index contributed by atoms with van der Waals surface area (Å²) in [4.78, 5) is 0. The molecular weight excluding hydrogens is 246 g/mol. The summed E-state index contributed by atoms with van der Waals surface area (Å²) < 4.78 is 6.06. The smallest absolute Gasteiger partial charge is 0.121 e. The van der Waals surface area contributed by atoms with Crippen LogP contribution in [0.15, 0.2) is 48.5 Å². The third-order valence-electron chi connectivity index (χ3n) is 4.06. The van der Waals surface area contributed by atoms with Crippen molar-refractivity contribution in [1.82, 2.24) is 0 Å². The molecule has 1 aliphatic rings. The fourth-order valence-electron chi connectivity index (χ4n) is 2.88. The van der Waals surface area contributed by atoms with Gasteiger partial charge in [-0.3, -0.25) is 0 Å². The molecule has 1 unspecified atom stereocenters. The number of nitrogens with two attached hydrogens (primary N) is 1. The number of rotatable bonds is 3. The molecule has 0 saturated carbocycles. The fourth-order valence-corrected chi connectivity index (χ4v) is 2.88. The maximum absolute atomic E-state index is 6.20. The van der Waals surface area contributed by atoms with E-state index in [9.17, 15) is 0 Å². The number of ether oxygens (including phenoxy) is 1. The lowest BCUT2D eigenvalue weighted by Crippen LogP contribution is -2.17. The Morgan fingerprint density at radius 2 is 1.95 bits per heavy atom. The Labute approximate surface area is 120 Å². The lowest BCUT2D eigenvalue weighted by Gasteiger charge is -2.23. The first-order valence-corrected chi connectivity index (χ1v) is 7.34. The van der Waals surface area contributed by atoms with Gasteiger partial charge in [-0.25, -0.2) is 0 Å². The Hall–Kier alpha value is -1.80. The van der Waals surface area contributed by atoms with E-state index in [1.165, 1.54) is 23.1 Å². The Morgan fingerprint density at radius 1 is 1.15 bits per heavy atom. The molecule has 2 heteroatoms. The summed E-state index contributed by atoms with van der Waals surface area (Å²) in [5, 5.41) is 0. The molecule has 0 heterocycles. The van der Waals surface area contributed by atoms with Crippen LogP contribution in [0.3, 0.4) is 0 Å². The molecule has 20 heavy (non-hydrogen) atoms. The van der Waals surface area contributed by atoms with Gasteiger partial charge in [-0.1, -0.05) is 36.4 Å². The van der Waals surface area contributed by atoms with Crippen LogP contribution in [0, 0.1) is 0 Å². The number of aryl methyl sites for hydroxylation is 1. The number of hydrogen-bond acceptors (Lipinski definition) is 2. The van der Waals surface area contributed by atoms with Gasteiger partial charge in [-0.15, -0.1) is 0 Å². The van der Waals surface area contributed by atoms with Crippen molar-refractivity contribution < 1.29 is 4.74 Å². The van der Waals surface area contributed by atoms with Crippen LogP contribution >= 0.6 is 0 Å². The highest BCUT2D eigenvalue weighted by Crippen LogP contribution is 2.32. The van der Waals surface area contributed by atoms with Gasteiger partial charge >= 0.3 is 0 Å². The van der Waals surface area contributed by atoms with E-state index >= 15 is 0 Å². The molecule has 0 spiro atoms. The molecule has 0 fully saturated rings. The predicted octanol–water partition coefficient (Wildman–Crippen LogP) is 4.16. The maximum Gasteiger partial charge on any atom is 0.121 e. The van der Waals surface area contributed by atoms with Crippen molar-refractivity contribution in [3.63, 3.8) is 0 Å². The molecule has 0 saturated heterocycles. The van der Waals surface area contributed by atoms with Crippen molar-refractivity contribution in [1.29, 1.82) is 0 Å². The minimum absolute atomic E-state index is 0.0501. The first-order valence-electron chi connectivity index (χ1n) is 7.34. The highest BCUT2D eigenvalue weighted by atomic mass is 16.5. The first-order chi connectivity index (χ1) is 9.74. The van der Waals surface area contributed by atoms with Crippen molar-refractivity contribution in [2.45, 2.75) is 38.3 Å². The van der Waals surface area contributed by atoms with Crippen LogP contribution in [-0.2, 0) is 6.42 Å². The van der Waals surface area contributed by atoms with Crippen LogP contribution in [0.25, 0.3) is 0 Å². The van der Waals surface area contributed by atoms with Gasteiger partial charge in [-0.05, 0) is 55.0 Å². The molecule has 3 rings (SSSR count). The topological polar surface area (TPSA) is 35.2 Å². The number of benzene rings is 2. The second kappa shape index (κ2) is 5.68. The Balaban J connectivity index is 1.80. The molecule has 2 nitrogen and oxygen atoms in total. The summed E-state index contributed by atoms with van der Waals surface area (Å²) in [6, 6.07) is 16.8. The second-order valence-corrected chi connectivity index (χ2v) is 5.53. The normalized spacial score (nSPS) is 19.2. The van der Waals surface area contributed by atoms with Gasteiger partial charge in [-0.2, -0.15) is 0 Å². The maximum atomic E-state index is 6.20. The van der Waals surface area contributed by atoms with Gasteiger partial charge in [0.25, 0.3) is 0 Å². The van der Waals surface area contributed by atoms with E-state index < -0.39 is 0 Å². The zero-order valence-electron chi connectivity index (χ0n) is 11.9. The van der Waals surface area contributed by atoms with Gasteiger partial charge in [0.1, 0.15) is 11.9 Å². The molecule has 0 amide bonds. The number of fused-ring (bicyclic) bond motifs is 1. The van der Waals surface area contributed by atoms with Crippen LogP contribution in [-0.4, -0.2) is 0 Å². The average molecular weight is 267 g/mol. The SMILES string of the molecule is CC(Oc1ccc2c(c1)[C@@H](N)CCC2)c1ccccc1. The molecule has 104 valence electrons. The summed E-state index contributed by atoms with van der Waals surface area (Å²) in [6.07, 6.45) is 3.45. The Morgan fingerprint density at radius 3 is 2.75 bits per heavy atom. The zero-order chi connectivity index (χ0) is 13.9. The summed E-state index contributed by atoms with van der Waals surface area (Å²) in [6.45, 7) is 2.08. The quantitative estimate of drug-likeness (QED) is 0.906. The molecular formula is C18H21NO. The van der Waals surface area contributed by atoms with E-state index in [0.717, 1.165) is 18.6 Å². The minimum atomic E-state index is 0.0501. The van der Waals surface area contributed by atoms with E-state index in [4.69, 9.17) is 10.5 Å². The molecule has 2 aromatic carbocycles. The Kier molecular flexibility index (Phi) is 3.75. The fraction of sp³-hybridized carbons (Fsp3) is 0.333. The van der Waals surface area contributed by atoms with Crippen LogP contribution in [0.1, 0.15) is 48.6 Å². The summed E-state index contributed by atoms with van der Waals surface area (Å²) in [5.74, 6) is 0.914. The average Bonchev–Trinajstić information content (AvgIpc) is 2.49. The van der Waals surface area contributed by atoms with Crippen molar-refractivity contribution in [3.8, 4) is 5.75 Å². The molecule has 2 aromatic rings. The van der Waals surface area contributed by atoms with Crippen LogP contribution in [0.2, 0.25) is 0 Å². The van der Waals surface area contributed by atoms with Crippen molar-refractivity contribution >= 4 is 0 Å². The highest BCUT2D eigenvalue weighted by molar-refractivity contribution is 5.39. The monoisotopic (exact) mass is 267 g/mol. The summed E-state index contributed by atoms with van der Waals surface area (Å²) >= 11 is 0. The van der Waals surface area contributed by atoms with E-state index in [0.29, 0.717) is 0 Å². The third-order valence-corrected chi connectivity index (χ3v) is 4.06. The summed E-state index contributed by atoms with van der Waals surface area (Å²) in [5.41, 5.74) is 10.0.